The van der Waals surface area contributed by atoms with Crippen molar-refractivity contribution in [2.24, 2.45) is 12.0 Å². The third kappa shape index (κ3) is 3.84. The second-order valence-corrected chi connectivity index (χ2v) is 4.13. The summed E-state index contributed by atoms with van der Waals surface area (Å²) in [6, 6.07) is 4.03. The fourth-order valence-electron chi connectivity index (χ4n) is 1.67. The van der Waals surface area contributed by atoms with E-state index >= 15 is 0 Å². The molecule has 2 aromatic rings. The minimum atomic E-state index is 0.597. The largest absolute Gasteiger partial charge is 0.355 e. The molecule has 0 aromatic carbocycles. The summed E-state index contributed by atoms with van der Waals surface area (Å²) in [5, 5.41) is 14.3. The van der Waals surface area contributed by atoms with Crippen molar-refractivity contribution in [3.63, 3.8) is 0 Å². The maximum atomic E-state index is 4.16. The molecule has 0 spiro atoms. The average Bonchev–Trinajstić information content (AvgIpc) is 3.05. The van der Waals surface area contributed by atoms with Crippen LogP contribution in [-0.4, -0.2) is 38.9 Å². The molecule has 0 aliphatic rings. The highest BCUT2D eigenvalue weighted by molar-refractivity contribution is 5.79. The molecule has 7 heteroatoms. The summed E-state index contributed by atoms with van der Waals surface area (Å²) in [6.45, 7) is 2.31. The van der Waals surface area contributed by atoms with Crippen LogP contribution in [0.4, 0.5) is 0 Å². The Balaban J connectivity index is 1.73. The molecule has 2 aromatic heterocycles. The average molecular weight is 261 g/mol. The predicted molar refractivity (Wildman–Crippen MR) is 73.6 cm³/mol. The lowest BCUT2D eigenvalue weighted by molar-refractivity contribution is 0.659. The lowest BCUT2D eigenvalue weighted by Crippen LogP contribution is -2.38. The maximum absolute atomic E-state index is 4.16. The van der Waals surface area contributed by atoms with Gasteiger partial charge < -0.3 is 19.8 Å². The van der Waals surface area contributed by atoms with Gasteiger partial charge in [0.1, 0.15) is 6.33 Å². The Morgan fingerprint density at radius 1 is 1.32 bits per heavy atom. The zero-order chi connectivity index (χ0) is 13.5. The summed E-state index contributed by atoms with van der Waals surface area (Å²) < 4.78 is 3.99. The number of aromatic nitrogens is 4. The summed E-state index contributed by atoms with van der Waals surface area (Å²) in [5.41, 5.74) is 0. The van der Waals surface area contributed by atoms with Crippen molar-refractivity contribution in [1.29, 1.82) is 0 Å². The normalized spacial score (nSPS) is 11.6. The molecule has 0 unspecified atom stereocenters. The third-order valence-electron chi connectivity index (χ3n) is 2.77. The van der Waals surface area contributed by atoms with Gasteiger partial charge in [0.2, 0.25) is 0 Å². The first kappa shape index (κ1) is 13.1. The third-order valence-corrected chi connectivity index (χ3v) is 2.77. The van der Waals surface area contributed by atoms with Crippen molar-refractivity contribution in [2.45, 2.75) is 13.1 Å². The summed E-state index contributed by atoms with van der Waals surface area (Å²) in [7, 11) is 3.67. The Kier molecular flexibility index (Phi) is 4.54. The molecule has 0 atom stereocenters. The highest BCUT2D eigenvalue weighted by Crippen LogP contribution is 1.90. The fraction of sp³-hybridized carbons (Fsp3) is 0.417. The molecule has 0 bridgehead atoms. The van der Waals surface area contributed by atoms with Crippen molar-refractivity contribution in [3.8, 4) is 0 Å². The van der Waals surface area contributed by atoms with E-state index in [2.05, 4.69) is 30.4 Å². The molecule has 0 saturated heterocycles. The topological polar surface area (TPSA) is 72.1 Å². The summed E-state index contributed by atoms with van der Waals surface area (Å²) in [5.74, 6) is 1.63. The van der Waals surface area contributed by atoms with Gasteiger partial charge in [-0.05, 0) is 12.1 Å². The van der Waals surface area contributed by atoms with Crippen LogP contribution in [0.2, 0.25) is 0 Å². The van der Waals surface area contributed by atoms with Crippen molar-refractivity contribution >= 4 is 5.96 Å². The summed E-state index contributed by atoms with van der Waals surface area (Å²) in [4.78, 5) is 4.16. The van der Waals surface area contributed by atoms with E-state index in [1.54, 1.807) is 13.4 Å². The van der Waals surface area contributed by atoms with Crippen LogP contribution in [0.1, 0.15) is 5.82 Å². The number of hydrogen-bond donors (Lipinski definition) is 2. The molecule has 0 aliphatic carbocycles. The number of aryl methyl sites for hydroxylation is 1. The van der Waals surface area contributed by atoms with E-state index in [0.29, 0.717) is 6.54 Å². The van der Waals surface area contributed by atoms with E-state index in [0.717, 1.165) is 24.9 Å². The van der Waals surface area contributed by atoms with E-state index in [4.69, 9.17) is 0 Å². The van der Waals surface area contributed by atoms with Gasteiger partial charge in [0, 0.05) is 39.6 Å². The molecule has 0 radical (unpaired) electrons. The van der Waals surface area contributed by atoms with Crippen molar-refractivity contribution < 1.29 is 0 Å². The van der Waals surface area contributed by atoms with Crippen LogP contribution in [-0.2, 0) is 20.1 Å². The van der Waals surface area contributed by atoms with E-state index in [1.165, 1.54) is 0 Å². The van der Waals surface area contributed by atoms with Gasteiger partial charge in [-0.2, -0.15) is 0 Å². The molecule has 0 fully saturated rings. The molecule has 0 aliphatic heterocycles. The van der Waals surface area contributed by atoms with Gasteiger partial charge >= 0.3 is 0 Å². The molecular formula is C12H19N7. The number of rotatable bonds is 5. The van der Waals surface area contributed by atoms with Gasteiger partial charge in [-0.3, -0.25) is 4.99 Å². The van der Waals surface area contributed by atoms with Crippen LogP contribution >= 0.6 is 0 Å². The standard InChI is InChI=1S/C12H19N7/c1-13-12(14-5-8-19-6-3-4-7-19)15-9-11-17-16-10-18(11)2/h3-4,6-7,10H,5,8-9H2,1-2H3,(H2,13,14,15). The molecule has 0 amide bonds. The second kappa shape index (κ2) is 6.58. The van der Waals surface area contributed by atoms with Crippen LogP contribution in [0, 0.1) is 0 Å². The number of aliphatic imine (C=N–C) groups is 1. The zero-order valence-electron chi connectivity index (χ0n) is 11.2. The quantitative estimate of drug-likeness (QED) is 0.586. The van der Waals surface area contributed by atoms with Crippen LogP contribution < -0.4 is 10.6 Å². The number of nitrogens with zero attached hydrogens (tertiary/aromatic N) is 5. The molecule has 2 N–H and O–H groups in total. The number of hydrogen-bond acceptors (Lipinski definition) is 3. The number of guanidine groups is 1. The molecule has 19 heavy (non-hydrogen) atoms. The monoisotopic (exact) mass is 261 g/mol. The van der Waals surface area contributed by atoms with Gasteiger partial charge in [0.15, 0.2) is 11.8 Å². The second-order valence-electron chi connectivity index (χ2n) is 4.13. The molecular weight excluding hydrogens is 242 g/mol. The lowest BCUT2D eigenvalue weighted by Gasteiger charge is -2.11. The van der Waals surface area contributed by atoms with Crippen molar-refractivity contribution in [3.05, 3.63) is 36.7 Å². The van der Waals surface area contributed by atoms with Crippen LogP contribution in [0.3, 0.4) is 0 Å². The number of nitrogens with one attached hydrogen (secondary N) is 2. The Morgan fingerprint density at radius 2 is 2.11 bits per heavy atom. The molecule has 2 rings (SSSR count). The van der Waals surface area contributed by atoms with E-state index in [9.17, 15) is 0 Å². The Hall–Kier alpha value is -2.31. The zero-order valence-corrected chi connectivity index (χ0v) is 11.2. The van der Waals surface area contributed by atoms with E-state index < -0.39 is 0 Å². The molecule has 0 saturated carbocycles. The Labute approximate surface area is 112 Å². The Morgan fingerprint density at radius 3 is 2.74 bits per heavy atom. The van der Waals surface area contributed by atoms with E-state index in [1.807, 2.05) is 36.1 Å². The van der Waals surface area contributed by atoms with Crippen LogP contribution in [0.25, 0.3) is 0 Å². The molecule has 2 heterocycles. The summed E-state index contributed by atoms with van der Waals surface area (Å²) in [6.07, 6.45) is 5.76. The van der Waals surface area contributed by atoms with E-state index in [-0.39, 0.29) is 0 Å². The highest BCUT2D eigenvalue weighted by atomic mass is 15.3. The van der Waals surface area contributed by atoms with Gasteiger partial charge in [0.05, 0.1) is 6.54 Å². The first-order chi connectivity index (χ1) is 9.29. The highest BCUT2D eigenvalue weighted by Gasteiger charge is 2.02. The SMILES string of the molecule is CN=C(NCCn1cccc1)NCc1nncn1C. The first-order valence-electron chi connectivity index (χ1n) is 6.17. The smallest absolute Gasteiger partial charge is 0.191 e. The summed E-state index contributed by atoms with van der Waals surface area (Å²) >= 11 is 0. The minimum absolute atomic E-state index is 0.597. The van der Waals surface area contributed by atoms with Gasteiger partial charge in [-0.25, -0.2) is 0 Å². The first-order valence-corrected chi connectivity index (χ1v) is 6.17. The molecule has 7 nitrogen and oxygen atoms in total. The lowest BCUT2D eigenvalue weighted by atomic mass is 10.5. The van der Waals surface area contributed by atoms with Crippen LogP contribution in [0.5, 0.6) is 0 Å². The van der Waals surface area contributed by atoms with Crippen LogP contribution in [0.15, 0.2) is 35.8 Å². The van der Waals surface area contributed by atoms with Gasteiger partial charge in [0.25, 0.3) is 0 Å². The molecule has 102 valence electrons. The maximum Gasteiger partial charge on any atom is 0.191 e. The predicted octanol–water partition coefficient (Wildman–Crippen LogP) is -0.0182. The minimum Gasteiger partial charge on any atom is -0.355 e. The van der Waals surface area contributed by atoms with Crippen molar-refractivity contribution in [2.75, 3.05) is 13.6 Å². The van der Waals surface area contributed by atoms with Crippen molar-refractivity contribution in [1.82, 2.24) is 30.0 Å². The van der Waals surface area contributed by atoms with Gasteiger partial charge in [-0.15, -0.1) is 10.2 Å². The fourth-order valence-corrected chi connectivity index (χ4v) is 1.67. The van der Waals surface area contributed by atoms with Gasteiger partial charge in [-0.1, -0.05) is 0 Å². The Bertz CT molecular complexity index is 512.